The van der Waals surface area contributed by atoms with Crippen LogP contribution in [-0.2, 0) is 0 Å². The van der Waals surface area contributed by atoms with Crippen molar-refractivity contribution in [1.82, 2.24) is 4.98 Å². The maximum absolute atomic E-state index is 12.3. The van der Waals surface area contributed by atoms with Gasteiger partial charge in [0, 0.05) is 21.8 Å². The minimum atomic E-state index is -0.155. The molecule has 1 aromatic heterocycles. The van der Waals surface area contributed by atoms with E-state index in [0.717, 1.165) is 14.6 Å². The third-order valence-corrected chi connectivity index (χ3v) is 6.57. The van der Waals surface area contributed by atoms with Crippen molar-refractivity contribution in [3.63, 3.8) is 0 Å². The van der Waals surface area contributed by atoms with E-state index in [0.29, 0.717) is 27.6 Å². The van der Waals surface area contributed by atoms with Crippen LogP contribution in [0.1, 0.15) is 20.7 Å². The number of rotatable bonds is 6. The predicted molar refractivity (Wildman–Crippen MR) is 121 cm³/mol. The lowest BCUT2D eigenvalue weighted by molar-refractivity contribution is 0.101. The van der Waals surface area contributed by atoms with Crippen molar-refractivity contribution in [2.45, 2.75) is 4.34 Å². The van der Waals surface area contributed by atoms with Crippen LogP contribution in [0.25, 0.3) is 10.2 Å². The zero-order valence-electron chi connectivity index (χ0n) is 15.1. The van der Waals surface area contributed by atoms with Gasteiger partial charge in [0.15, 0.2) is 10.1 Å². The quantitative estimate of drug-likeness (QED) is 0.288. The topological polar surface area (TPSA) is 59.1 Å². The van der Waals surface area contributed by atoms with Crippen molar-refractivity contribution in [2.75, 3.05) is 11.1 Å². The van der Waals surface area contributed by atoms with E-state index in [1.54, 1.807) is 36.4 Å². The Bertz CT molecular complexity index is 1170. The summed E-state index contributed by atoms with van der Waals surface area (Å²) in [5, 5.41) is 3.51. The van der Waals surface area contributed by atoms with E-state index >= 15 is 0 Å². The number of Topliss-reactive ketones (excluding diaryl/α,β-unsaturated/α-hetero) is 1. The van der Waals surface area contributed by atoms with Crippen molar-refractivity contribution in [1.29, 1.82) is 0 Å². The maximum Gasteiger partial charge on any atom is 0.255 e. The molecule has 144 valence electrons. The molecule has 0 aliphatic rings. The highest BCUT2D eigenvalue weighted by molar-refractivity contribution is 8.01. The number of nitrogens with zero attached hydrogens (tertiary/aromatic N) is 1. The lowest BCUT2D eigenvalue weighted by atomic mass is 10.1. The first-order valence-electron chi connectivity index (χ1n) is 8.77. The van der Waals surface area contributed by atoms with Gasteiger partial charge in [-0.05, 0) is 54.6 Å². The molecule has 0 aliphatic heterocycles. The molecule has 0 spiro atoms. The molecule has 29 heavy (non-hydrogen) atoms. The molecule has 0 unspecified atom stereocenters. The van der Waals surface area contributed by atoms with Gasteiger partial charge in [-0.3, -0.25) is 9.59 Å². The minimum absolute atomic E-state index is 0.0294. The summed E-state index contributed by atoms with van der Waals surface area (Å²) in [7, 11) is 0. The number of benzene rings is 3. The molecule has 1 N–H and O–H groups in total. The van der Waals surface area contributed by atoms with Gasteiger partial charge in [-0.2, -0.15) is 0 Å². The first kappa shape index (κ1) is 19.6. The molecule has 1 amide bonds. The number of nitrogens with one attached hydrogen (secondary N) is 1. The number of amides is 1. The first-order chi connectivity index (χ1) is 14.1. The fourth-order valence-corrected chi connectivity index (χ4v) is 4.81. The Labute approximate surface area is 180 Å². The second kappa shape index (κ2) is 8.78. The Morgan fingerprint density at radius 2 is 1.72 bits per heavy atom. The van der Waals surface area contributed by atoms with Crippen LogP contribution in [-0.4, -0.2) is 22.4 Å². The van der Waals surface area contributed by atoms with E-state index in [1.165, 1.54) is 23.1 Å². The number of carbonyl (C=O) groups is 2. The third-order valence-electron chi connectivity index (χ3n) is 4.16. The number of fused-ring (bicyclic) bond motifs is 1. The van der Waals surface area contributed by atoms with Gasteiger partial charge in [0.25, 0.3) is 5.91 Å². The highest BCUT2D eigenvalue weighted by Gasteiger charge is 2.11. The molecule has 0 atom stereocenters. The number of thiazole rings is 1. The number of carbonyl (C=O) groups excluding carboxylic acids is 2. The number of hydrogen-bond donors (Lipinski definition) is 1. The highest BCUT2D eigenvalue weighted by Crippen LogP contribution is 2.31. The summed E-state index contributed by atoms with van der Waals surface area (Å²) in [5.74, 6) is 0.179. The summed E-state index contributed by atoms with van der Waals surface area (Å²) in [6.45, 7) is 0. The fourth-order valence-electron chi connectivity index (χ4n) is 2.68. The zero-order chi connectivity index (χ0) is 20.2. The number of halogens is 1. The van der Waals surface area contributed by atoms with Gasteiger partial charge < -0.3 is 5.32 Å². The van der Waals surface area contributed by atoms with Gasteiger partial charge in [-0.1, -0.05) is 41.6 Å². The maximum atomic E-state index is 12.3. The Morgan fingerprint density at radius 1 is 0.966 bits per heavy atom. The van der Waals surface area contributed by atoms with E-state index in [9.17, 15) is 9.59 Å². The molecule has 0 radical (unpaired) electrons. The van der Waals surface area contributed by atoms with Crippen LogP contribution in [0.5, 0.6) is 0 Å². The molecule has 0 aliphatic carbocycles. The van der Waals surface area contributed by atoms with Crippen LogP contribution in [0.4, 0.5) is 5.69 Å². The van der Waals surface area contributed by atoms with E-state index in [1.807, 2.05) is 36.4 Å². The second-order valence-electron chi connectivity index (χ2n) is 6.20. The SMILES string of the molecule is O=C(CSc1nc2ccc(NC(=O)c3ccccc3)cc2s1)c1ccc(Cl)cc1. The Hall–Kier alpha value is -2.67. The number of ketones is 1. The van der Waals surface area contributed by atoms with Gasteiger partial charge in [0.2, 0.25) is 0 Å². The largest absolute Gasteiger partial charge is 0.322 e. The Balaban J connectivity index is 1.43. The van der Waals surface area contributed by atoms with Crippen LogP contribution in [0.2, 0.25) is 5.02 Å². The molecule has 0 bridgehead atoms. The number of thioether (sulfide) groups is 1. The molecule has 4 nitrogen and oxygen atoms in total. The molecular weight excluding hydrogens is 424 g/mol. The van der Waals surface area contributed by atoms with Crippen LogP contribution in [0, 0.1) is 0 Å². The van der Waals surface area contributed by atoms with Crippen molar-refractivity contribution >= 4 is 62.3 Å². The lowest BCUT2D eigenvalue weighted by Crippen LogP contribution is -2.11. The smallest absolute Gasteiger partial charge is 0.255 e. The molecule has 1 heterocycles. The average Bonchev–Trinajstić information content (AvgIpc) is 3.15. The summed E-state index contributed by atoms with van der Waals surface area (Å²) >= 11 is 8.77. The van der Waals surface area contributed by atoms with Gasteiger partial charge in [-0.15, -0.1) is 11.3 Å². The summed E-state index contributed by atoms with van der Waals surface area (Å²) in [5.41, 5.74) is 2.79. The second-order valence-corrected chi connectivity index (χ2v) is 8.89. The standard InChI is InChI=1S/C22H15ClN2O2S2/c23-16-8-6-14(7-9-16)19(26)13-28-22-25-18-11-10-17(12-20(18)29-22)24-21(27)15-4-2-1-3-5-15/h1-12H,13H2,(H,24,27). The average molecular weight is 439 g/mol. The lowest BCUT2D eigenvalue weighted by Gasteiger charge is -2.04. The molecule has 3 aromatic carbocycles. The predicted octanol–water partition coefficient (Wildman–Crippen LogP) is 6.18. The summed E-state index contributed by atoms with van der Waals surface area (Å²) in [6.07, 6.45) is 0. The van der Waals surface area contributed by atoms with Gasteiger partial charge in [0.05, 0.1) is 16.0 Å². The number of hydrogen-bond acceptors (Lipinski definition) is 5. The van der Waals surface area contributed by atoms with Crippen LogP contribution < -0.4 is 5.32 Å². The zero-order valence-corrected chi connectivity index (χ0v) is 17.5. The van der Waals surface area contributed by atoms with E-state index < -0.39 is 0 Å². The van der Waals surface area contributed by atoms with Crippen LogP contribution >= 0.6 is 34.7 Å². The monoisotopic (exact) mass is 438 g/mol. The van der Waals surface area contributed by atoms with Crippen LogP contribution in [0.15, 0.2) is 77.1 Å². The summed E-state index contributed by atoms with van der Waals surface area (Å²) in [6, 6.07) is 21.6. The van der Waals surface area contributed by atoms with Gasteiger partial charge >= 0.3 is 0 Å². The molecule has 7 heteroatoms. The van der Waals surface area contributed by atoms with Crippen LogP contribution in [0.3, 0.4) is 0 Å². The highest BCUT2D eigenvalue weighted by atomic mass is 35.5. The Morgan fingerprint density at radius 3 is 2.48 bits per heavy atom. The summed E-state index contributed by atoms with van der Waals surface area (Å²) < 4.78 is 1.77. The molecule has 4 aromatic rings. The number of aromatic nitrogens is 1. The van der Waals surface area contributed by atoms with Crippen molar-refractivity contribution in [3.05, 3.63) is 88.9 Å². The molecule has 0 fully saturated rings. The van der Waals surface area contributed by atoms with Crippen molar-refractivity contribution in [3.8, 4) is 0 Å². The molecule has 0 saturated carbocycles. The van der Waals surface area contributed by atoms with E-state index in [2.05, 4.69) is 10.3 Å². The first-order valence-corrected chi connectivity index (χ1v) is 10.9. The third kappa shape index (κ3) is 4.85. The normalized spacial score (nSPS) is 10.8. The number of anilines is 1. The van der Waals surface area contributed by atoms with Gasteiger partial charge in [-0.25, -0.2) is 4.98 Å². The molecule has 4 rings (SSSR count). The minimum Gasteiger partial charge on any atom is -0.322 e. The van der Waals surface area contributed by atoms with E-state index in [-0.39, 0.29) is 11.7 Å². The Kier molecular flexibility index (Phi) is 5.94. The molecule has 0 saturated heterocycles. The van der Waals surface area contributed by atoms with Gasteiger partial charge in [0.1, 0.15) is 0 Å². The van der Waals surface area contributed by atoms with Crippen molar-refractivity contribution < 1.29 is 9.59 Å². The molecular formula is C22H15ClN2O2S2. The van der Waals surface area contributed by atoms with E-state index in [4.69, 9.17) is 11.6 Å². The van der Waals surface area contributed by atoms with Crippen molar-refractivity contribution in [2.24, 2.45) is 0 Å². The fraction of sp³-hybridized carbons (Fsp3) is 0.0455. The summed E-state index contributed by atoms with van der Waals surface area (Å²) in [4.78, 5) is 29.2.